The standard InChI is InChI=1S/C18H17FN6O3S/c19-10-3-4-14-12(6-10)13(8-20-14)16(27)25-5-1-2-11(25)7-21-15(26)9-29-18-22-17(28)23-24-18/h1-4,6,8,11,20H,5,7,9H2,(H,21,26)(H2,22,23,24,28). The highest BCUT2D eigenvalue weighted by Gasteiger charge is 2.27. The Bertz CT molecular complexity index is 1150. The van der Waals surface area contributed by atoms with Gasteiger partial charge in [-0.25, -0.2) is 14.3 Å². The van der Waals surface area contributed by atoms with E-state index in [1.807, 2.05) is 12.2 Å². The molecule has 4 N–H and O–H groups in total. The van der Waals surface area contributed by atoms with Crippen molar-refractivity contribution < 1.29 is 14.0 Å². The molecule has 0 saturated heterocycles. The van der Waals surface area contributed by atoms with Crippen molar-refractivity contribution in [2.75, 3.05) is 18.8 Å². The minimum atomic E-state index is -0.435. The first kappa shape index (κ1) is 19.0. The van der Waals surface area contributed by atoms with Gasteiger partial charge in [0.15, 0.2) is 5.16 Å². The number of H-pyrrole nitrogens is 3. The third kappa shape index (κ3) is 4.09. The Morgan fingerprint density at radius 1 is 1.38 bits per heavy atom. The van der Waals surface area contributed by atoms with Gasteiger partial charge in [-0.3, -0.25) is 14.6 Å². The molecule has 1 aliphatic heterocycles. The number of amides is 2. The molecule has 29 heavy (non-hydrogen) atoms. The van der Waals surface area contributed by atoms with E-state index in [1.54, 1.807) is 17.2 Å². The number of hydrogen-bond acceptors (Lipinski definition) is 5. The number of fused-ring (bicyclic) bond motifs is 1. The Labute approximate surface area is 167 Å². The second-order valence-corrected chi connectivity index (χ2v) is 7.38. The normalized spacial score (nSPS) is 15.9. The Kier molecular flexibility index (Phi) is 5.21. The number of thioether (sulfide) groups is 1. The van der Waals surface area contributed by atoms with Gasteiger partial charge in [0.1, 0.15) is 5.82 Å². The maximum absolute atomic E-state index is 13.6. The quantitative estimate of drug-likeness (QED) is 0.352. The van der Waals surface area contributed by atoms with Crippen LogP contribution in [-0.4, -0.2) is 61.8 Å². The van der Waals surface area contributed by atoms with E-state index in [0.717, 1.165) is 11.8 Å². The van der Waals surface area contributed by atoms with E-state index in [4.69, 9.17) is 0 Å². The maximum atomic E-state index is 13.6. The van der Waals surface area contributed by atoms with Crippen LogP contribution in [0.25, 0.3) is 10.9 Å². The zero-order chi connectivity index (χ0) is 20.4. The predicted molar refractivity (Wildman–Crippen MR) is 105 cm³/mol. The molecule has 2 amide bonds. The molecule has 11 heteroatoms. The number of aromatic nitrogens is 4. The van der Waals surface area contributed by atoms with Crippen LogP contribution in [0.15, 0.2) is 46.5 Å². The lowest BCUT2D eigenvalue weighted by molar-refractivity contribution is -0.118. The van der Waals surface area contributed by atoms with E-state index in [9.17, 15) is 18.8 Å². The second kappa shape index (κ2) is 7.95. The number of nitrogens with one attached hydrogen (secondary N) is 4. The Balaban J connectivity index is 1.37. The minimum absolute atomic E-state index is 0.0763. The van der Waals surface area contributed by atoms with Crippen molar-refractivity contribution in [1.29, 1.82) is 0 Å². The average Bonchev–Trinajstić information content (AvgIpc) is 3.43. The van der Waals surface area contributed by atoms with Gasteiger partial charge >= 0.3 is 5.69 Å². The number of benzene rings is 1. The second-order valence-electron chi connectivity index (χ2n) is 6.42. The minimum Gasteiger partial charge on any atom is -0.360 e. The molecule has 150 valence electrons. The fourth-order valence-corrected chi connectivity index (χ4v) is 3.78. The Hall–Kier alpha value is -3.34. The van der Waals surface area contributed by atoms with Crippen LogP contribution in [0, 0.1) is 5.82 Å². The summed E-state index contributed by atoms with van der Waals surface area (Å²) in [5.74, 6) is -0.826. The molecule has 1 aromatic carbocycles. The third-order valence-electron chi connectivity index (χ3n) is 4.52. The summed E-state index contributed by atoms with van der Waals surface area (Å²) in [5.41, 5.74) is 0.632. The van der Waals surface area contributed by atoms with E-state index in [-0.39, 0.29) is 30.2 Å². The van der Waals surface area contributed by atoms with Crippen LogP contribution in [0.5, 0.6) is 0 Å². The fraction of sp³-hybridized carbons (Fsp3) is 0.222. The number of hydrogen-bond donors (Lipinski definition) is 4. The first-order chi connectivity index (χ1) is 14.0. The number of carbonyl (C=O) groups excluding carboxylic acids is 2. The molecule has 0 saturated carbocycles. The van der Waals surface area contributed by atoms with Crippen molar-refractivity contribution in [3.63, 3.8) is 0 Å². The fourth-order valence-electron chi connectivity index (χ4n) is 3.13. The summed E-state index contributed by atoms with van der Waals surface area (Å²) < 4.78 is 13.6. The summed E-state index contributed by atoms with van der Waals surface area (Å²) in [6.45, 7) is 0.653. The lowest BCUT2D eigenvalue weighted by atomic mass is 10.1. The van der Waals surface area contributed by atoms with Gasteiger partial charge < -0.3 is 15.2 Å². The summed E-state index contributed by atoms with van der Waals surface area (Å²) in [4.78, 5) is 43.1. The highest BCUT2D eigenvalue weighted by molar-refractivity contribution is 7.99. The monoisotopic (exact) mass is 416 g/mol. The summed E-state index contributed by atoms with van der Waals surface area (Å²) in [6, 6.07) is 3.95. The van der Waals surface area contributed by atoms with Crippen molar-refractivity contribution >= 4 is 34.5 Å². The van der Waals surface area contributed by atoms with Gasteiger partial charge in [0, 0.05) is 30.2 Å². The van der Waals surface area contributed by atoms with Gasteiger partial charge in [0.05, 0.1) is 17.4 Å². The molecule has 1 unspecified atom stereocenters. The molecule has 1 aliphatic rings. The molecule has 4 rings (SSSR count). The van der Waals surface area contributed by atoms with Crippen LogP contribution in [0.2, 0.25) is 0 Å². The average molecular weight is 416 g/mol. The molecule has 3 heterocycles. The number of nitrogens with zero attached hydrogens (tertiary/aromatic N) is 2. The highest BCUT2D eigenvalue weighted by Crippen LogP contribution is 2.23. The molecule has 3 aromatic rings. The molecule has 0 aliphatic carbocycles. The first-order valence-electron chi connectivity index (χ1n) is 8.80. The van der Waals surface area contributed by atoms with E-state index in [2.05, 4.69) is 25.5 Å². The van der Waals surface area contributed by atoms with Crippen LogP contribution in [-0.2, 0) is 4.79 Å². The number of aromatic amines is 3. The largest absolute Gasteiger partial charge is 0.360 e. The molecular weight excluding hydrogens is 399 g/mol. The third-order valence-corrected chi connectivity index (χ3v) is 5.40. The molecule has 1 atom stereocenters. The smallest absolute Gasteiger partial charge is 0.341 e. The Morgan fingerprint density at radius 2 is 2.24 bits per heavy atom. The number of carbonyl (C=O) groups is 2. The lowest BCUT2D eigenvalue weighted by Crippen LogP contribution is -2.43. The van der Waals surface area contributed by atoms with Crippen molar-refractivity contribution in [2.24, 2.45) is 0 Å². The van der Waals surface area contributed by atoms with E-state index < -0.39 is 11.5 Å². The van der Waals surface area contributed by atoms with Crippen molar-refractivity contribution in [3.8, 4) is 0 Å². The molecule has 0 radical (unpaired) electrons. The van der Waals surface area contributed by atoms with E-state index in [0.29, 0.717) is 28.2 Å². The maximum Gasteiger partial charge on any atom is 0.341 e. The number of halogens is 1. The van der Waals surface area contributed by atoms with Crippen molar-refractivity contribution in [1.82, 2.24) is 30.4 Å². The van der Waals surface area contributed by atoms with Gasteiger partial charge in [0.2, 0.25) is 5.91 Å². The van der Waals surface area contributed by atoms with E-state index >= 15 is 0 Å². The summed E-state index contributed by atoms with van der Waals surface area (Å²) in [5, 5.41) is 9.57. The highest BCUT2D eigenvalue weighted by atomic mass is 32.2. The summed E-state index contributed by atoms with van der Waals surface area (Å²) >= 11 is 1.09. The molecular formula is C18H17FN6O3S. The number of rotatable bonds is 6. The molecule has 0 bridgehead atoms. The van der Waals surface area contributed by atoms with Crippen molar-refractivity contribution in [2.45, 2.75) is 11.2 Å². The van der Waals surface area contributed by atoms with Gasteiger partial charge in [0.25, 0.3) is 5.91 Å². The van der Waals surface area contributed by atoms with Gasteiger partial charge in [-0.05, 0) is 18.2 Å². The summed E-state index contributed by atoms with van der Waals surface area (Å²) in [6.07, 6.45) is 5.28. The van der Waals surface area contributed by atoms with Crippen molar-refractivity contribution in [3.05, 3.63) is 58.4 Å². The topological polar surface area (TPSA) is 127 Å². The van der Waals surface area contributed by atoms with Crippen LogP contribution in [0.1, 0.15) is 10.4 Å². The van der Waals surface area contributed by atoms with Crippen LogP contribution in [0.4, 0.5) is 4.39 Å². The van der Waals surface area contributed by atoms with Gasteiger partial charge in [-0.2, -0.15) is 0 Å². The SMILES string of the molecule is O=C(CSc1n[nH]c(=O)[nH]1)NCC1C=CCN1C(=O)c1c[nH]c2ccc(F)cc12. The van der Waals surface area contributed by atoms with Gasteiger partial charge in [-0.1, -0.05) is 23.9 Å². The lowest BCUT2D eigenvalue weighted by Gasteiger charge is -2.24. The summed E-state index contributed by atoms with van der Waals surface area (Å²) in [7, 11) is 0. The molecule has 9 nitrogen and oxygen atoms in total. The van der Waals surface area contributed by atoms with E-state index in [1.165, 1.54) is 12.1 Å². The van der Waals surface area contributed by atoms with Crippen LogP contribution >= 0.6 is 11.8 Å². The van der Waals surface area contributed by atoms with Gasteiger partial charge in [-0.15, -0.1) is 5.10 Å². The zero-order valence-corrected chi connectivity index (χ0v) is 15.9. The van der Waals surface area contributed by atoms with Crippen LogP contribution in [0.3, 0.4) is 0 Å². The molecule has 0 spiro atoms. The first-order valence-corrected chi connectivity index (χ1v) is 9.78. The van der Waals surface area contributed by atoms with Crippen LogP contribution < -0.4 is 11.0 Å². The molecule has 2 aromatic heterocycles. The molecule has 0 fully saturated rings. The Morgan fingerprint density at radius 3 is 3.03 bits per heavy atom. The predicted octanol–water partition coefficient (Wildman–Crippen LogP) is 1.01. The zero-order valence-electron chi connectivity index (χ0n) is 15.1.